The summed E-state index contributed by atoms with van der Waals surface area (Å²) < 4.78 is 5.52. The van der Waals surface area contributed by atoms with E-state index in [1.165, 1.54) is 10.5 Å². The van der Waals surface area contributed by atoms with E-state index >= 15 is 0 Å². The third-order valence-electron chi connectivity index (χ3n) is 4.76. The highest BCUT2D eigenvalue weighted by molar-refractivity contribution is 5.77. The number of hydrogen-bond donors (Lipinski definition) is 3. The molecule has 130 valence electrons. The highest BCUT2D eigenvalue weighted by atomic mass is 16.5. The Hall–Kier alpha value is -1.85. The Labute approximate surface area is 144 Å². The van der Waals surface area contributed by atoms with E-state index in [9.17, 15) is 4.79 Å². The number of ether oxygens (including phenoxy) is 1. The third-order valence-corrected chi connectivity index (χ3v) is 4.76. The van der Waals surface area contributed by atoms with Gasteiger partial charge in [-0.3, -0.25) is 4.79 Å². The average Bonchev–Trinajstić information content (AvgIpc) is 3.40. The molecule has 3 N–H and O–H groups in total. The predicted molar refractivity (Wildman–Crippen MR) is 93.3 cm³/mol. The number of rotatable bonds is 8. The SMILES string of the molecule is C=CCOc1ccc(C[NH+]2CC[NH+](CC(=O)NC3CC3)CC2)cc1. The zero-order valence-electron chi connectivity index (χ0n) is 14.4. The number of hydrogen-bond acceptors (Lipinski definition) is 2. The van der Waals surface area contributed by atoms with Crippen LogP contribution in [0.5, 0.6) is 5.75 Å². The highest BCUT2D eigenvalue weighted by Crippen LogP contribution is 2.18. The lowest BCUT2D eigenvalue weighted by atomic mass is 10.2. The van der Waals surface area contributed by atoms with Crippen molar-refractivity contribution in [1.82, 2.24) is 5.32 Å². The molecule has 1 aromatic carbocycles. The van der Waals surface area contributed by atoms with Crippen LogP contribution in [0.2, 0.25) is 0 Å². The maximum absolute atomic E-state index is 11.9. The fraction of sp³-hybridized carbons (Fsp3) is 0.526. The van der Waals surface area contributed by atoms with E-state index in [0.29, 0.717) is 19.2 Å². The molecule has 0 atom stereocenters. The van der Waals surface area contributed by atoms with Gasteiger partial charge in [0.05, 0.1) is 0 Å². The van der Waals surface area contributed by atoms with E-state index in [4.69, 9.17) is 4.74 Å². The molecule has 2 fully saturated rings. The first kappa shape index (κ1) is 17.0. The molecule has 1 saturated heterocycles. The number of benzene rings is 1. The number of piperazine rings is 1. The summed E-state index contributed by atoms with van der Waals surface area (Å²) in [5.41, 5.74) is 1.34. The van der Waals surface area contributed by atoms with Gasteiger partial charge in [0.1, 0.15) is 45.1 Å². The van der Waals surface area contributed by atoms with Gasteiger partial charge in [0.15, 0.2) is 6.54 Å². The molecule has 0 aromatic heterocycles. The van der Waals surface area contributed by atoms with Crippen molar-refractivity contribution in [2.24, 2.45) is 0 Å². The normalized spacial score (nSPS) is 23.5. The van der Waals surface area contributed by atoms with Crippen molar-refractivity contribution in [3.63, 3.8) is 0 Å². The van der Waals surface area contributed by atoms with Gasteiger partial charge >= 0.3 is 0 Å². The summed E-state index contributed by atoms with van der Waals surface area (Å²) in [6, 6.07) is 8.83. The number of quaternary nitrogens is 2. The summed E-state index contributed by atoms with van der Waals surface area (Å²) in [5, 5.41) is 3.09. The molecule has 1 amide bonds. The van der Waals surface area contributed by atoms with Crippen LogP contribution in [0.3, 0.4) is 0 Å². The fourth-order valence-corrected chi connectivity index (χ4v) is 3.19. The number of carbonyl (C=O) groups is 1. The maximum atomic E-state index is 11.9. The summed E-state index contributed by atoms with van der Waals surface area (Å²) in [5.74, 6) is 1.12. The standard InChI is InChI=1S/C19H27N3O2/c1-2-13-24-18-7-3-16(4-8-18)14-21-9-11-22(12-10-21)15-19(23)20-17-5-6-17/h2-4,7-8,17H,1,5-6,9-15H2,(H,20,23)/p+2. The molecule has 24 heavy (non-hydrogen) atoms. The molecule has 2 aliphatic rings. The lowest BCUT2D eigenvalue weighted by Gasteiger charge is -2.29. The van der Waals surface area contributed by atoms with Gasteiger partial charge < -0.3 is 19.9 Å². The van der Waals surface area contributed by atoms with Crippen molar-refractivity contribution in [1.29, 1.82) is 0 Å². The molecule has 5 heteroatoms. The third kappa shape index (κ3) is 5.35. The predicted octanol–water partition coefficient (Wildman–Crippen LogP) is -1.19. The van der Waals surface area contributed by atoms with Crippen LogP contribution in [-0.4, -0.2) is 51.3 Å². The first-order valence-corrected chi connectivity index (χ1v) is 9.02. The topological polar surface area (TPSA) is 47.2 Å². The molecule has 1 saturated carbocycles. The average molecular weight is 331 g/mol. The van der Waals surface area contributed by atoms with Crippen LogP contribution in [0.1, 0.15) is 18.4 Å². The molecule has 0 bridgehead atoms. The van der Waals surface area contributed by atoms with Crippen LogP contribution in [-0.2, 0) is 11.3 Å². The Morgan fingerprint density at radius 3 is 2.46 bits per heavy atom. The molecular weight excluding hydrogens is 302 g/mol. The van der Waals surface area contributed by atoms with Crippen molar-refractivity contribution in [2.75, 3.05) is 39.3 Å². The number of amides is 1. The summed E-state index contributed by atoms with van der Waals surface area (Å²) >= 11 is 0. The highest BCUT2D eigenvalue weighted by Gasteiger charge is 2.28. The smallest absolute Gasteiger partial charge is 0.275 e. The summed E-state index contributed by atoms with van der Waals surface area (Å²) in [7, 11) is 0. The zero-order chi connectivity index (χ0) is 16.8. The molecule has 1 aromatic rings. The van der Waals surface area contributed by atoms with Crippen LogP contribution in [0.15, 0.2) is 36.9 Å². The Bertz CT molecular complexity index is 546. The van der Waals surface area contributed by atoms with Crippen molar-refractivity contribution < 1.29 is 19.3 Å². The Balaban J connectivity index is 1.38. The van der Waals surface area contributed by atoms with Gasteiger partial charge in [-0.05, 0) is 37.1 Å². The summed E-state index contributed by atoms with van der Waals surface area (Å²) in [4.78, 5) is 14.9. The van der Waals surface area contributed by atoms with E-state index in [1.807, 2.05) is 12.1 Å². The maximum Gasteiger partial charge on any atom is 0.275 e. The van der Waals surface area contributed by atoms with Gasteiger partial charge in [-0.2, -0.15) is 0 Å². The zero-order valence-corrected chi connectivity index (χ0v) is 14.4. The Kier molecular flexibility index (Phi) is 5.88. The van der Waals surface area contributed by atoms with Crippen molar-refractivity contribution in [2.45, 2.75) is 25.4 Å². The van der Waals surface area contributed by atoms with Crippen molar-refractivity contribution in [3.8, 4) is 5.75 Å². The second-order valence-corrected chi connectivity index (χ2v) is 6.94. The van der Waals surface area contributed by atoms with E-state index in [2.05, 4.69) is 24.0 Å². The minimum Gasteiger partial charge on any atom is -0.490 e. The molecule has 5 nitrogen and oxygen atoms in total. The Morgan fingerprint density at radius 1 is 1.17 bits per heavy atom. The number of nitrogens with one attached hydrogen (secondary N) is 3. The largest absolute Gasteiger partial charge is 0.490 e. The quantitative estimate of drug-likeness (QED) is 0.525. The van der Waals surface area contributed by atoms with E-state index in [0.717, 1.165) is 51.3 Å². The minimum absolute atomic E-state index is 0.228. The monoisotopic (exact) mass is 331 g/mol. The molecular formula is C19H29N3O2+2. The van der Waals surface area contributed by atoms with Crippen LogP contribution in [0.4, 0.5) is 0 Å². The molecule has 1 heterocycles. The Morgan fingerprint density at radius 2 is 1.83 bits per heavy atom. The molecule has 0 spiro atoms. The van der Waals surface area contributed by atoms with Gasteiger partial charge in [-0.25, -0.2) is 0 Å². The minimum atomic E-state index is 0.228. The summed E-state index contributed by atoms with van der Waals surface area (Å²) in [6.45, 7) is 10.3. The lowest BCUT2D eigenvalue weighted by molar-refractivity contribution is -1.02. The number of carbonyl (C=O) groups excluding carboxylic acids is 1. The molecule has 1 aliphatic heterocycles. The van der Waals surface area contributed by atoms with Crippen molar-refractivity contribution in [3.05, 3.63) is 42.5 Å². The van der Waals surface area contributed by atoms with Crippen LogP contribution < -0.4 is 19.9 Å². The van der Waals surface area contributed by atoms with Crippen LogP contribution in [0.25, 0.3) is 0 Å². The fourth-order valence-electron chi connectivity index (χ4n) is 3.19. The van der Waals surface area contributed by atoms with E-state index < -0.39 is 0 Å². The first-order valence-electron chi connectivity index (χ1n) is 9.02. The second-order valence-electron chi connectivity index (χ2n) is 6.94. The van der Waals surface area contributed by atoms with E-state index in [1.54, 1.807) is 11.0 Å². The first-order chi connectivity index (χ1) is 11.7. The summed E-state index contributed by atoms with van der Waals surface area (Å²) in [6.07, 6.45) is 4.08. The molecule has 1 aliphatic carbocycles. The lowest BCUT2D eigenvalue weighted by Crippen LogP contribution is -3.28. The molecule has 0 radical (unpaired) electrons. The second kappa shape index (κ2) is 8.31. The van der Waals surface area contributed by atoms with Gasteiger partial charge in [-0.1, -0.05) is 12.7 Å². The van der Waals surface area contributed by atoms with Gasteiger partial charge in [0.2, 0.25) is 0 Å². The van der Waals surface area contributed by atoms with Gasteiger partial charge in [0, 0.05) is 11.6 Å². The molecule has 3 rings (SSSR count). The van der Waals surface area contributed by atoms with Gasteiger partial charge in [0.25, 0.3) is 5.91 Å². The van der Waals surface area contributed by atoms with Crippen molar-refractivity contribution >= 4 is 5.91 Å². The van der Waals surface area contributed by atoms with Gasteiger partial charge in [-0.15, -0.1) is 0 Å². The van der Waals surface area contributed by atoms with E-state index in [-0.39, 0.29) is 5.91 Å². The van der Waals surface area contributed by atoms with Crippen LogP contribution >= 0.6 is 0 Å². The van der Waals surface area contributed by atoms with Crippen LogP contribution in [0, 0.1) is 0 Å². The molecule has 0 unspecified atom stereocenters.